The monoisotopic (exact) mass is 270 g/mol. The molecule has 4 atom stereocenters. The summed E-state index contributed by atoms with van der Waals surface area (Å²) in [5, 5.41) is 0. The van der Waals surface area contributed by atoms with E-state index in [1.807, 2.05) is 0 Å². The minimum absolute atomic E-state index is 0.224. The lowest BCUT2D eigenvalue weighted by molar-refractivity contribution is -0.175. The number of carbonyl (C=O) groups is 3. The molecule has 19 heavy (non-hydrogen) atoms. The molecule has 0 spiro atoms. The molecule has 0 unspecified atom stereocenters. The second kappa shape index (κ2) is 6.36. The normalized spacial score (nSPS) is 29.4. The molecule has 1 aliphatic carbocycles. The number of ether oxygens (including phenoxy) is 3. The molecule has 0 amide bonds. The maximum absolute atomic E-state index is 11.1. The van der Waals surface area contributed by atoms with Crippen LogP contribution in [0.2, 0.25) is 0 Å². The van der Waals surface area contributed by atoms with Crippen molar-refractivity contribution < 1.29 is 28.6 Å². The van der Waals surface area contributed by atoms with Crippen molar-refractivity contribution in [1.82, 2.24) is 0 Å². The van der Waals surface area contributed by atoms with E-state index in [-0.39, 0.29) is 5.92 Å². The molecule has 0 radical (unpaired) electrons. The Kier molecular flexibility index (Phi) is 5.09. The van der Waals surface area contributed by atoms with Gasteiger partial charge in [0, 0.05) is 26.7 Å². The first kappa shape index (κ1) is 15.2. The summed E-state index contributed by atoms with van der Waals surface area (Å²) in [6.45, 7) is 7.44. The zero-order valence-corrected chi connectivity index (χ0v) is 11.3. The molecule has 1 rings (SSSR count). The van der Waals surface area contributed by atoms with E-state index in [9.17, 15) is 14.4 Å². The molecule has 1 fully saturated rings. The van der Waals surface area contributed by atoms with Gasteiger partial charge in [-0.25, -0.2) is 0 Å². The van der Waals surface area contributed by atoms with Crippen molar-refractivity contribution in [3.05, 3.63) is 12.7 Å². The van der Waals surface area contributed by atoms with Crippen LogP contribution in [0.3, 0.4) is 0 Å². The van der Waals surface area contributed by atoms with Crippen molar-refractivity contribution in [1.29, 1.82) is 0 Å². The predicted octanol–water partition coefficient (Wildman–Crippen LogP) is 0.987. The Hall–Kier alpha value is -1.85. The first-order valence-corrected chi connectivity index (χ1v) is 5.99. The Bertz CT molecular complexity index is 389. The zero-order valence-electron chi connectivity index (χ0n) is 11.3. The van der Waals surface area contributed by atoms with Crippen molar-refractivity contribution in [3.63, 3.8) is 0 Å². The van der Waals surface area contributed by atoms with Crippen LogP contribution in [0, 0.1) is 5.92 Å². The Morgan fingerprint density at radius 2 is 1.42 bits per heavy atom. The van der Waals surface area contributed by atoms with Gasteiger partial charge in [0.25, 0.3) is 0 Å². The van der Waals surface area contributed by atoms with E-state index in [4.69, 9.17) is 14.2 Å². The molecule has 6 heteroatoms. The third-order valence-corrected chi connectivity index (χ3v) is 2.84. The highest BCUT2D eigenvalue weighted by Crippen LogP contribution is 2.34. The van der Waals surface area contributed by atoms with Gasteiger partial charge in [-0.05, 0) is 6.42 Å². The van der Waals surface area contributed by atoms with Gasteiger partial charge in [-0.3, -0.25) is 14.4 Å². The second-order valence-electron chi connectivity index (χ2n) is 4.43. The highest BCUT2D eigenvalue weighted by molar-refractivity contribution is 5.68. The molecule has 6 nitrogen and oxygen atoms in total. The van der Waals surface area contributed by atoms with E-state index in [1.165, 1.54) is 20.8 Å². The molecule has 0 heterocycles. The molecule has 0 saturated heterocycles. The number of hydrogen-bond donors (Lipinski definition) is 0. The fourth-order valence-electron chi connectivity index (χ4n) is 2.23. The van der Waals surface area contributed by atoms with Gasteiger partial charge in [0.15, 0.2) is 6.10 Å². The van der Waals surface area contributed by atoms with Crippen LogP contribution < -0.4 is 0 Å². The lowest BCUT2D eigenvalue weighted by Crippen LogP contribution is -2.39. The summed E-state index contributed by atoms with van der Waals surface area (Å²) in [6, 6.07) is 0. The van der Waals surface area contributed by atoms with Crippen molar-refractivity contribution in [3.8, 4) is 0 Å². The standard InChI is InChI=1S/C13H18O6/c1-5-10-6-11(17-7(2)14)13(19-9(4)16)12(10)18-8(3)15/h5,10-13H,1,6H2,2-4H3/t10-,11-,12+,13+/m0/s1. The Balaban J connectivity index is 2.93. The molecule has 0 N–H and O–H groups in total. The van der Waals surface area contributed by atoms with Crippen LogP contribution in [0.25, 0.3) is 0 Å². The first-order valence-electron chi connectivity index (χ1n) is 5.99. The van der Waals surface area contributed by atoms with Gasteiger partial charge in [0.1, 0.15) is 12.2 Å². The van der Waals surface area contributed by atoms with Gasteiger partial charge in [0.2, 0.25) is 0 Å². The van der Waals surface area contributed by atoms with Crippen LogP contribution in [0.4, 0.5) is 0 Å². The zero-order chi connectivity index (χ0) is 14.6. The van der Waals surface area contributed by atoms with Gasteiger partial charge >= 0.3 is 17.9 Å². The van der Waals surface area contributed by atoms with Gasteiger partial charge in [-0.1, -0.05) is 6.08 Å². The highest BCUT2D eigenvalue weighted by atomic mass is 16.6. The first-order chi connectivity index (χ1) is 8.85. The van der Waals surface area contributed by atoms with E-state index in [0.717, 1.165) is 0 Å². The Morgan fingerprint density at radius 1 is 0.947 bits per heavy atom. The molecule has 0 aromatic carbocycles. The lowest BCUT2D eigenvalue weighted by Gasteiger charge is -2.24. The summed E-state index contributed by atoms with van der Waals surface area (Å²) in [5.41, 5.74) is 0. The van der Waals surface area contributed by atoms with Gasteiger partial charge in [-0.2, -0.15) is 0 Å². The fourth-order valence-corrected chi connectivity index (χ4v) is 2.23. The summed E-state index contributed by atoms with van der Waals surface area (Å²) < 4.78 is 15.4. The molecule has 1 saturated carbocycles. The van der Waals surface area contributed by atoms with Gasteiger partial charge in [-0.15, -0.1) is 6.58 Å². The van der Waals surface area contributed by atoms with Crippen molar-refractivity contribution in [2.24, 2.45) is 5.92 Å². The average Bonchev–Trinajstić information content (AvgIpc) is 2.55. The molecule has 0 bridgehead atoms. The number of rotatable bonds is 4. The molecular formula is C13H18O6. The number of hydrogen-bond acceptors (Lipinski definition) is 6. The second-order valence-corrected chi connectivity index (χ2v) is 4.43. The van der Waals surface area contributed by atoms with Crippen LogP contribution in [0.15, 0.2) is 12.7 Å². The van der Waals surface area contributed by atoms with Gasteiger partial charge < -0.3 is 14.2 Å². The summed E-state index contributed by atoms with van der Waals surface area (Å²) >= 11 is 0. The van der Waals surface area contributed by atoms with Crippen LogP contribution in [-0.4, -0.2) is 36.2 Å². The van der Waals surface area contributed by atoms with Gasteiger partial charge in [0.05, 0.1) is 0 Å². The molecule has 1 aliphatic rings. The van der Waals surface area contributed by atoms with Crippen molar-refractivity contribution in [2.45, 2.75) is 45.5 Å². The van der Waals surface area contributed by atoms with Crippen LogP contribution in [0.5, 0.6) is 0 Å². The smallest absolute Gasteiger partial charge is 0.303 e. The Labute approximate surface area is 111 Å². The largest absolute Gasteiger partial charge is 0.458 e. The van der Waals surface area contributed by atoms with Crippen molar-refractivity contribution in [2.75, 3.05) is 0 Å². The molecule has 106 valence electrons. The third kappa shape index (κ3) is 4.08. The van der Waals surface area contributed by atoms with E-state index in [1.54, 1.807) is 6.08 Å². The SMILES string of the molecule is C=C[C@H]1C[C@H](OC(C)=O)[C@@H](OC(C)=O)[C@@H]1OC(C)=O. The average molecular weight is 270 g/mol. The van der Waals surface area contributed by atoms with Crippen LogP contribution >= 0.6 is 0 Å². The van der Waals surface area contributed by atoms with E-state index in [0.29, 0.717) is 6.42 Å². The maximum Gasteiger partial charge on any atom is 0.303 e. The topological polar surface area (TPSA) is 78.9 Å². The van der Waals surface area contributed by atoms with E-state index in [2.05, 4.69) is 6.58 Å². The van der Waals surface area contributed by atoms with Crippen LogP contribution in [-0.2, 0) is 28.6 Å². The molecule has 0 aliphatic heterocycles. The minimum atomic E-state index is -0.798. The quantitative estimate of drug-likeness (QED) is 0.430. The maximum atomic E-state index is 11.1. The Morgan fingerprint density at radius 3 is 1.84 bits per heavy atom. The molecule has 0 aromatic heterocycles. The minimum Gasteiger partial charge on any atom is -0.458 e. The lowest BCUT2D eigenvalue weighted by atomic mass is 10.1. The highest BCUT2D eigenvalue weighted by Gasteiger charge is 2.48. The molecular weight excluding hydrogens is 252 g/mol. The summed E-state index contributed by atoms with van der Waals surface area (Å²) in [7, 11) is 0. The third-order valence-electron chi connectivity index (χ3n) is 2.84. The molecule has 0 aromatic rings. The summed E-state index contributed by atoms with van der Waals surface area (Å²) in [4.78, 5) is 33.3. The summed E-state index contributed by atoms with van der Waals surface area (Å²) in [6.07, 6.45) is -0.0997. The number of carbonyl (C=O) groups excluding carboxylic acids is 3. The van der Waals surface area contributed by atoms with E-state index >= 15 is 0 Å². The summed E-state index contributed by atoms with van der Waals surface area (Å²) in [5.74, 6) is -1.72. The van der Waals surface area contributed by atoms with E-state index < -0.39 is 36.2 Å². The van der Waals surface area contributed by atoms with Crippen molar-refractivity contribution >= 4 is 17.9 Å². The van der Waals surface area contributed by atoms with Crippen LogP contribution in [0.1, 0.15) is 27.2 Å². The predicted molar refractivity (Wildman–Crippen MR) is 65.0 cm³/mol. The fraction of sp³-hybridized carbons (Fsp3) is 0.615. The number of esters is 3.